The molecule has 8 rings (SSSR count). The van der Waals surface area contributed by atoms with Crippen molar-refractivity contribution in [1.82, 2.24) is 95.0 Å². The summed E-state index contributed by atoms with van der Waals surface area (Å²) in [5, 5.41) is 90.0. The molecular formula is C100H133N23O20S. The van der Waals surface area contributed by atoms with Gasteiger partial charge in [-0.25, -0.2) is 0 Å². The molecule has 1 fully saturated rings. The molecule has 44 heteroatoms. The fraction of sp³-hybridized carbons (Fsp3) is 0.430. The van der Waals surface area contributed by atoms with Crippen LogP contribution in [0.2, 0.25) is 0 Å². The van der Waals surface area contributed by atoms with Crippen LogP contribution < -0.4 is 102 Å². The summed E-state index contributed by atoms with van der Waals surface area (Å²) < 4.78 is 0. The number of aliphatic hydroxyl groups is 1. The number of primary amides is 1. The first-order valence-electron chi connectivity index (χ1n) is 47.4. The second-order valence-electron chi connectivity index (χ2n) is 36.3. The van der Waals surface area contributed by atoms with Crippen molar-refractivity contribution in [2.45, 2.75) is 210 Å². The summed E-state index contributed by atoms with van der Waals surface area (Å²) in [6.07, 6.45) is -1.40. The van der Waals surface area contributed by atoms with Crippen molar-refractivity contribution in [3.63, 3.8) is 0 Å². The van der Waals surface area contributed by atoms with Crippen LogP contribution in [0, 0.1) is 28.6 Å². The molecule has 28 N–H and O–H groups in total. The van der Waals surface area contributed by atoms with Gasteiger partial charge in [-0.2, -0.15) is 0 Å². The first kappa shape index (κ1) is 114. The highest BCUT2D eigenvalue weighted by atomic mass is 32.2. The normalized spacial score (nSPS) is 22.3. The average molecular weight is 2010 g/mol. The van der Waals surface area contributed by atoms with E-state index in [0.29, 0.717) is 44.9 Å². The van der Waals surface area contributed by atoms with Crippen molar-refractivity contribution in [2.75, 3.05) is 44.8 Å². The summed E-state index contributed by atoms with van der Waals surface area (Å²) in [6, 6.07) is 22.5. The van der Waals surface area contributed by atoms with Crippen LogP contribution in [0.25, 0.3) is 22.0 Å². The Bertz CT molecular complexity index is 5610. The molecule has 1 aromatic heterocycles. The summed E-state index contributed by atoms with van der Waals surface area (Å²) in [4.78, 5) is 254. The third-order valence-corrected chi connectivity index (χ3v) is 24.8. The van der Waals surface area contributed by atoms with Crippen molar-refractivity contribution in [2.24, 2.45) is 35.0 Å². The second-order valence-corrected chi connectivity index (χ2v) is 37.3. The number of phenolic OH excluding ortho intramolecular Hbond substituents is 1. The monoisotopic (exact) mass is 2010 g/mol. The van der Waals surface area contributed by atoms with Crippen molar-refractivity contribution in [3.8, 4) is 16.9 Å². The van der Waals surface area contributed by atoms with E-state index in [1.54, 1.807) is 143 Å². The number of aliphatic hydroxyl groups excluding tert-OH is 1. The molecular weight excluding hydrogens is 1880 g/mol. The molecule has 0 radical (unpaired) electrons. The molecule has 43 nitrogen and oxygen atoms in total. The zero-order chi connectivity index (χ0) is 105. The van der Waals surface area contributed by atoms with Crippen molar-refractivity contribution < 1.29 is 96.8 Å². The third kappa shape index (κ3) is 36.9. The van der Waals surface area contributed by atoms with E-state index in [1.165, 1.54) is 52.1 Å². The minimum atomic E-state index is -2.08. The molecule has 2 heterocycles. The van der Waals surface area contributed by atoms with Gasteiger partial charge in [-0.05, 0) is 127 Å². The van der Waals surface area contributed by atoms with Gasteiger partial charge in [0, 0.05) is 68.7 Å². The topological polar surface area (TPSA) is 688 Å². The van der Waals surface area contributed by atoms with Gasteiger partial charge in [-0.3, -0.25) is 92.3 Å². The number of carbonyl (C=O) groups excluding carboxylic acids is 16. The van der Waals surface area contributed by atoms with Gasteiger partial charge in [0.05, 0.1) is 25.3 Å². The first-order valence-corrected chi connectivity index (χ1v) is 48.6. The number of nitrogens with zero attached hydrogens (tertiary/aromatic N) is 1. The van der Waals surface area contributed by atoms with E-state index < -0.39 is 246 Å². The van der Waals surface area contributed by atoms with Crippen LogP contribution in [0.1, 0.15) is 121 Å². The number of rotatable bonds is 30. The highest BCUT2D eigenvalue weighted by Gasteiger charge is 2.41. The standard InChI is InChI=1S/C100H133N23O20S/c1-55(2)44-72-93(138)121-84(57(5)6)97(142)119-78(52-124)95(140)120-79(86(131)109-51-80(101)126)53-144-54-81(127)110-73(45-60-24-14-10-15-25-60)89(134)115-74(47-62-34-39-66(125)40-35-62)91(136)117-77(49-82(128)129)92(137)116-76(48-65-50-108-68-29-19-18-28-67(65)68)94(139)122-83(56(3)4)96(141)118-75(46-61-32-37-64(38-33-61)63-26-16-11-17-27-63)90(135)113-71(31-21-43-107-100(104)105)98(143)123(8)58(7)85(130)111-70(41-36-59-22-12-9-13-23-59)88(133)112-69(87(132)114-72)30-20-42-106-99(102)103/h9-19,22-29,32-35,37-40,50,55-58,69-79,83-84,108,124-125H,20-21,30-31,36,41-49,51-54H2,1-8H3,(H2,101,126)(H,109,131)(H,110,127)(H,111,130)(H,112,133)(H,113,135)(H,114,132)(H,115,134)(H,116,137)(H,117,136)(H,118,141)(H,119,142)(H,120,140)(H,121,138)(H,122,139)(H,128,129)(H4,102,103,106)(H4,104,105,107)/t58-,69-,70+,71-,72-,73-,74-,75-,76-,77-,78-,79-,83-,84-/m0/s1. The number of aromatic hydroxyl groups is 1. The number of carboxylic acids is 1. The van der Waals surface area contributed by atoms with Crippen LogP contribution in [-0.2, 0) is 114 Å². The number of para-hydroxylation sites is 1. The van der Waals surface area contributed by atoms with E-state index in [2.05, 4.69) is 90.1 Å². The maximum Gasteiger partial charge on any atom is 0.305 e. The first-order chi connectivity index (χ1) is 68.5. The van der Waals surface area contributed by atoms with Crippen molar-refractivity contribution in [1.29, 1.82) is 10.8 Å². The molecule has 6 aromatic carbocycles. The van der Waals surface area contributed by atoms with Crippen molar-refractivity contribution in [3.05, 3.63) is 198 Å². The molecule has 144 heavy (non-hydrogen) atoms. The number of amides is 16. The zero-order valence-corrected chi connectivity index (χ0v) is 82.4. The van der Waals surface area contributed by atoms with Gasteiger partial charge in [0.1, 0.15) is 90.3 Å². The quantitative estimate of drug-likeness (QED) is 0.0150. The third-order valence-electron chi connectivity index (χ3n) is 23.8. The Morgan fingerprint density at radius 2 is 0.854 bits per heavy atom. The van der Waals surface area contributed by atoms with Crippen LogP contribution in [0.3, 0.4) is 0 Å². The van der Waals surface area contributed by atoms with Crippen LogP contribution in [0.5, 0.6) is 5.75 Å². The van der Waals surface area contributed by atoms with Gasteiger partial charge in [0.25, 0.3) is 0 Å². The number of hydrogen-bond donors (Lipinski definition) is 25. The number of hydrogen-bond acceptors (Lipinski definition) is 22. The molecule has 14 atom stereocenters. The molecule has 0 spiro atoms. The number of aliphatic carboxylic acids is 1. The Morgan fingerprint density at radius 3 is 1.38 bits per heavy atom. The fourth-order valence-corrected chi connectivity index (χ4v) is 16.6. The maximum atomic E-state index is 15.6. The Kier molecular flexibility index (Phi) is 44.9. The van der Waals surface area contributed by atoms with Gasteiger partial charge < -0.3 is 127 Å². The number of nitrogens with two attached hydrogens (primary N) is 3. The number of H-pyrrole nitrogens is 1. The fourth-order valence-electron chi connectivity index (χ4n) is 15.8. The van der Waals surface area contributed by atoms with Gasteiger partial charge in [-0.15, -0.1) is 11.8 Å². The van der Waals surface area contributed by atoms with E-state index in [9.17, 15) is 48.9 Å². The lowest BCUT2D eigenvalue weighted by atomic mass is 9.98. The van der Waals surface area contributed by atoms with Gasteiger partial charge in [0.15, 0.2) is 11.9 Å². The van der Waals surface area contributed by atoms with E-state index in [1.807, 2.05) is 30.3 Å². The molecule has 0 bridgehead atoms. The van der Waals surface area contributed by atoms with E-state index in [4.69, 9.17) is 28.0 Å². The lowest BCUT2D eigenvalue weighted by Gasteiger charge is -2.32. The number of thioether (sulfide) groups is 1. The number of carbonyl (C=O) groups is 17. The zero-order valence-electron chi connectivity index (χ0n) is 81.6. The number of aromatic nitrogens is 1. The molecule has 1 aliphatic rings. The summed E-state index contributed by atoms with van der Waals surface area (Å²) >= 11 is 0.705. The van der Waals surface area contributed by atoms with Gasteiger partial charge >= 0.3 is 5.97 Å². The Balaban J connectivity index is 1.23. The molecule has 16 amide bonds. The second kappa shape index (κ2) is 56.8. The van der Waals surface area contributed by atoms with Gasteiger partial charge in [-0.1, -0.05) is 187 Å². The number of carboxylic acid groups (broad SMARTS) is 1. The minimum absolute atomic E-state index is 0.00449. The summed E-state index contributed by atoms with van der Waals surface area (Å²) in [6.45, 7) is 9.08. The van der Waals surface area contributed by atoms with E-state index in [-0.39, 0.29) is 94.5 Å². The number of likely N-dealkylation sites (N-methyl/N-ethyl adjacent to an activating group) is 1. The molecule has 0 aliphatic carbocycles. The summed E-state index contributed by atoms with van der Waals surface area (Å²) in [5.74, 6) is -22.1. The lowest BCUT2D eigenvalue weighted by Crippen LogP contribution is -2.62. The Morgan fingerprint density at radius 1 is 0.444 bits per heavy atom. The van der Waals surface area contributed by atoms with Crippen LogP contribution in [-0.4, -0.2) is 267 Å². The van der Waals surface area contributed by atoms with Gasteiger partial charge in [0.2, 0.25) is 94.5 Å². The SMILES string of the molecule is CC(C)C[C@@H]1NC(=O)[C@H](CCCNC(=N)N)NC(=O)[C@@H](CCc2ccccc2)NC(=O)[C@H](C)N(C)C(=O)[C@H](CCCNC(=N)N)NC(=O)[C@H](Cc2ccc(-c3ccccc3)cc2)NC(=O)[C@H](C(C)C)NC(=O)[C@H](Cc2c[nH]c3ccccc23)NC(=O)[C@H](CC(=O)O)NC(=O)[C@H](Cc2ccc(O)cc2)NC(=O)[C@H](Cc2ccccc2)NC(=O)CSC[C@@H](C(=O)NCC(N)=O)NC(=O)[C@H](CO)NC(=O)[C@H](C(C)C)NC1=O. The lowest BCUT2D eigenvalue weighted by molar-refractivity contribution is -0.142. The number of guanidine groups is 2. The van der Waals surface area contributed by atoms with E-state index >= 15 is 47.9 Å². The summed E-state index contributed by atoms with van der Waals surface area (Å²) in [5.41, 5.74) is 21.3. The minimum Gasteiger partial charge on any atom is -0.508 e. The molecule has 774 valence electrons. The number of phenols is 1. The highest BCUT2D eigenvalue weighted by Crippen LogP contribution is 2.25. The molecule has 0 unspecified atom stereocenters. The van der Waals surface area contributed by atoms with Crippen LogP contribution in [0.15, 0.2) is 170 Å². The number of benzene rings is 6. The number of aryl methyl sites for hydroxylation is 1. The maximum absolute atomic E-state index is 15.6. The Hall–Kier alpha value is -15.5. The molecule has 7 aromatic rings. The van der Waals surface area contributed by atoms with E-state index in [0.717, 1.165) is 16.0 Å². The molecule has 1 saturated heterocycles. The largest absolute Gasteiger partial charge is 0.508 e. The smallest absolute Gasteiger partial charge is 0.305 e. The predicted molar refractivity (Wildman–Crippen MR) is 538 cm³/mol. The molecule has 1 aliphatic heterocycles. The highest BCUT2D eigenvalue weighted by molar-refractivity contribution is 8.00. The molecule has 0 saturated carbocycles. The average Bonchev–Trinajstić information content (AvgIpc) is 1.67. The van der Waals surface area contributed by atoms with Crippen molar-refractivity contribution >= 4 is 135 Å². The van der Waals surface area contributed by atoms with Crippen LogP contribution in [0.4, 0.5) is 0 Å². The number of fused-ring (bicyclic) bond motifs is 1. The number of nitrogens with one attached hydrogen (secondary N) is 19. The number of aromatic amines is 1. The van der Waals surface area contributed by atoms with Crippen LogP contribution >= 0.6 is 11.8 Å². The summed E-state index contributed by atoms with van der Waals surface area (Å²) in [7, 11) is 1.27. The predicted octanol–water partition coefficient (Wildman–Crippen LogP) is -0.707. The Labute approximate surface area is 837 Å².